The first-order valence-electron chi connectivity index (χ1n) is 5.41. The van der Waals surface area contributed by atoms with Crippen LogP contribution in [0, 0.1) is 0 Å². The molecule has 0 spiro atoms. The summed E-state index contributed by atoms with van der Waals surface area (Å²) >= 11 is 0. The maximum Gasteiger partial charge on any atom is 0.0546 e. The highest BCUT2D eigenvalue weighted by Gasteiger charge is 2.04. The normalized spacial score (nSPS) is 12.5. The van der Waals surface area contributed by atoms with Gasteiger partial charge in [0.25, 0.3) is 0 Å². The average Bonchev–Trinajstić information content (AvgIpc) is 2.26. The van der Waals surface area contributed by atoms with Gasteiger partial charge in [0.05, 0.1) is 6.10 Å². The molecule has 1 aromatic rings. The van der Waals surface area contributed by atoms with Crippen LogP contribution in [0.1, 0.15) is 31.4 Å². The van der Waals surface area contributed by atoms with Crippen molar-refractivity contribution in [3.63, 3.8) is 0 Å². The van der Waals surface area contributed by atoms with Crippen molar-refractivity contribution >= 4 is 5.57 Å². The van der Waals surface area contributed by atoms with Gasteiger partial charge in [-0.2, -0.15) is 0 Å². The largest absolute Gasteiger partial charge is 0.382 e. The third-order valence-electron chi connectivity index (χ3n) is 2.70. The number of methoxy groups -OCH3 is 1. The lowest BCUT2D eigenvalue weighted by molar-refractivity contribution is 0.111. The Kier molecular flexibility index (Phi) is 4.57. The smallest absolute Gasteiger partial charge is 0.0546 e. The predicted octanol–water partition coefficient (Wildman–Crippen LogP) is 3.69. The van der Waals surface area contributed by atoms with Crippen LogP contribution in [0.15, 0.2) is 30.8 Å². The Morgan fingerprint density at radius 3 is 2.67 bits per heavy atom. The number of aryl methyl sites for hydroxylation is 1. The third-order valence-corrected chi connectivity index (χ3v) is 2.70. The Morgan fingerprint density at radius 1 is 1.40 bits per heavy atom. The molecule has 0 aromatic heterocycles. The van der Waals surface area contributed by atoms with E-state index in [2.05, 4.69) is 44.7 Å². The van der Waals surface area contributed by atoms with Crippen LogP contribution in [-0.2, 0) is 11.2 Å². The lowest BCUT2D eigenvalue weighted by atomic mass is 9.97. The molecule has 1 atom stereocenters. The van der Waals surface area contributed by atoms with Crippen LogP contribution in [0.2, 0.25) is 0 Å². The zero-order valence-electron chi connectivity index (χ0n) is 9.92. The van der Waals surface area contributed by atoms with Crippen LogP contribution in [-0.4, -0.2) is 13.2 Å². The fourth-order valence-corrected chi connectivity index (χ4v) is 1.63. The predicted molar refractivity (Wildman–Crippen MR) is 65.9 cm³/mol. The maximum absolute atomic E-state index is 5.25. The summed E-state index contributed by atoms with van der Waals surface area (Å²) in [5.41, 5.74) is 3.78. The van der Waals surface area contributed by atoms with Crippen LogP contribution in [0.25, 0.3) is 5.57 Å². The van der Waals surface area contributed by atoms with E-state index in [-0.39, 0.29) is 0 Å². The topological polar surface area (TPSA) is 9.23 Å². The monoisotopic (exact) mass is 204 g/mol. The van der Waals surface area contributed by atoms with Crippen LogP contribution < -0.4 is 0 Å². The summed E-state index contributed by atoms with van der Waals surface area (Å²) in [7, 11) is 1.76. The van der Waals surface area contributed by atoms with Crippen molar-refractivity contribution in [1.29, 1.82) is 0 Å². The molecule has 1 unspecified atom stereocenters. The maximum atomic E-state index is 5.25. The summed E-state index contributed by atoms with van der Waals surface area (Å²) in [6, 6.07) is 8.45. The Morgan fingerprint density at radius 2 is 2.07 bits per heavy atom. The van der Waals surface area contributed by atoms with Gasteiger partial charge in [0.1, 0.15) is 0 Å². The van der Waals surface area contributed by atoms with Gasteiger partial charge in [-0.05, 0) is 37.8 Å². The van der Waals surface area contributed by atoms with Crippen LogP contribution in [0.5, 0.6) is 0 Å². The van der Waals surface area contributed by atoms with E-state index in [0.717, 1.165) is 18.4 Å². The molecule has 0 bridgehead atoms. The van der Waals surface area contributed by atoms with E-state index >= 15 is 0 Å². The van der Waals surface area contributed by atoms with Gasteiger partial charge >= 0.3 is 0 Å². The standard InChI is InChI=1S/C14H20O/c1-11(2)14-8-6-5-7-13(14)10-9-12(3)15-4/h5-8,12H,1,9-10H2,2-4H3. The van der Waals surface area contributed by atoms with Gasteiger partial charge < -0.3 is 4.74 Å². The second kappa shape index (κ2) is 5.72. The van der Waals surface area contributed by atoms with Crippen molar-refractivity contribution in [2.45, 2.75) is 32.8 Å². The Balaban J connectivity index is 2.72. The lowest BCUT2D eigenvalue weighted by Crippen LogP contribution is -2.06. The number of rotatable bonds is 5. The fourth-order valence-electron chi connectivity index (χ4n) is 1.63. The van der Waals surface area contributed by atoms with Gasteiger partial charge in [-0.3, -0.25) is 0 Å². The highest BCUT2D eigenvalue weighted by molar-refractivity contribution is 5.64. The molecule has 1 aromatic carbocycles. The van der Waals surface area contributed by atoms with Crippen molar-refractivity contribution < 1.29 is 4.74 Å². The van der Waals surface area contributed by atoms with Gasteiger partial charge in [0.2, 0.25) is 0 Å². The number of allylic oxidation sites excluding steroid dienone is 1. The van der Waals surface area contributed by atoms with Crippen LogP contribution >= 0.6 is 0 Å². The molecule has 0 heterocycles. The summed E-state index contributed by atoms with van der Waals surface area (Å²) in [4.78, 5) is 0. The molecular weight excluding hydrogens is 184 g/mol. The first-order valence-corrected chi connectivity index (χ1v) is 5.41. The highest BCUT2D eigenvalue weighted by atomic mass is 16.5. The van der Waals surface area contributed by atoms with Crippen molar-refractivity contribution in [1.82, 2.24) is 0 Å². The minimum absolute atomic E-state index is 0.322. The highest BCUT2D eigenvalue weighted by Crippen LogP contribution is 2.19. The fraction of sp³-hybridized carbons (Fsp3) is 0.429. The molecule has 0 fully saturated rings. The first-order chi connectivity index (χ1) is 7.15. The molecule has 1 heteroatoms. The third kappa shape index (κ3) is 3.52. The van der Waals surface area contributed by atoms with E-state index < -0.39 is 0 Å². The molecule has 0 saturated carbocycles. The molecule has 0 N–H and O–H groups in total. The van der Waals surface area contributed by atoms with Gasteiger partial charge in [-0.15, -0.1) is 0 Å². The summed E-state index contributed by atoms with van der Waals surface area (Å²) in [5.74, 6) is 0. The summed E-state index contributed by atoms with van der Waals surface area (Å²) in [5, 5.41) is 0. The van der Waals surface area contributed by atoms with E-state index in [0.29, 0.717) is 6.10 Å². The molecule has 0 radical (unpaired) electrons. The molecule has 0 aliphatic heterocycles. The SMILES string of the molecule is C=C(C)c1ccccc1CCC(C)OC. The van der Waals surface area contributed by atoms with E-state index in [1.165, 1.54) is 11.1 Å². The van der Waals surface area contributed by atoms with Gasteiger partial charge in [0.15, 0.2) is 0 Å². The molecule has 0 amide bonds. The van der Waals surface area contributed by atoms with Crippen molar-refractivity contribution in [3.05, 3.63) is 42.0 Å². The Labute approximate surface area is 92.8 Å². The molecule has 0 aliphatic rings. The Bertz CT molecular complexity index is 328. The minimum Gasteiger partial charge on any atom is -0.382 e. The molecule has 0 aliphatic carbocycles. The molecule has 1 rings (SSSR count). The van der Waals surface area contributed by atoms with E-state index in [9.17, 15) is 0 Å². The number of ether oxygens (including phenoxy) is 1. The second-order valence-electron chi connectivity index (χ2n) is 4.02. The summed E-state index contributed by atoms with van der Waals surface area (Å²) in [6.07, 6.45) is 2.43. The molecule has 1 nitrogen and oxygen atoms in total. The van der Waals surface area contributed by atoms with Crippen molar-refractivity contribution in [2.75, 3.05) is 7.11 Å². The zero-order valence-corrected chi connectivity index (χ0v) is 9.92. The lowest BCUT2D eigenvalue weighted by Gasteiger charge is -2.12. The molecular formula is C14H20O. The van der Waals surface area contributed by atoms with Crippen LogP contribution in [0.4, 0.5) is 0 Å². The van der Waals surface area contributed by atoms with Gasteiger partial charge in [-0.1, -0.05) is 36.4 Å². The van der Waals surface area contributed by atoms with Crippen molar-refractivity contribution in [3.8, 4) is 0 Å². The zero-order chi connectivity index (χ0) is 11.3. The molecule has 15 heavy (non-hydrogen) atoms. The summed E-state index contributed by atoms with van der Waals surface area (Å²) in [6.45, 7) is 8.16. The number of hydrogen-bond donors (Lipinski definition) is 0. The summed E-state index contributed by atoms with van der Waals surface area (Å²) < 4.78 is 5.25. The van der Waals surface area contributed by atoms with E-state index in [4.69, 9.17) is 4.74 Å². The number of hydrogen-bond acceptors (Lipinski definition) is 1. The quantitative estimate of drug-likeness (QED) is 0.710. The first kappa shape index (κ1) is 12.0. The van der Waals surface area contributed by atoms with Crippen molar-refractivity contribution in [2.24, 2.45) is 0 Å². The van der Waals surface area contributed by atoms with Gasteiger partial charge in [-0.25, -0.2) is 0 Å². The molecule has 82 valence electrons. The van der Waals surface area contributed by atoms with E-state index in [1.807, 2.05) is 0 Å². The van der Waals surface area contributed by atoms with Crippen LogP contribution in [0.3, 0.4) is 0 Å². The minimum atomic E-state index is 0.322. The van der Waals surface area contributed by atoms with Gasteiger partial charge in [0, 0.05) is 7.11 Å². The van der Waals surface area contributed by atoms with E-state index in [1.54, 1.807) is 7.11 Å². The second-order valence-corrected chi connectivity index (χ2v) is 4.02. The molecule has 0 saturated heterocycles. The number of benzene rings is 1. The average molecular weight is 204 g/mol. The Hall–Kier alpha value is -1.08.